The zero-order chi connectivity index (χ0) is 17.4. The number of benzene rings is 1. The molecule has 0 saturated carbocycles. The minimum absolute atomic E-state index is 0.192. The first kappa shape index (κ1) is 17.4. The van der Waals surface area contributed by atoms with Gasteiger partial charge in [-0.05, 0) is 60.4 Å². The van der Waals surface area contributed by atoms with Crippen molar-refractivity contribution in [1.29, 1.82) is 0 Å². The van der Waals surface area contributed by atoms with Crippen molar-refractivity contribution < 1.29 is 9.90 Å². The third kappa shape index (κ3) is 5.05. The number of pyridine rings is 1. The van der Waals surface area contributed by atoms with Gasteiger partial charge in [-0.3, -0.25) is 14.8 Å². The predicted molar refractivity (Wildman–Crippen MR) is 96.1 cm³/mol. The maximum Gasteiger partial charge on any atom is 0.269 e. The van der Waals surface area contributed by atoms with Gasteiger partial charge in [0.05, 0.1) is 0 Å². The number of phenolic OH excluding ortho intramolecular Hbond substituents is 1. The molecule has 0 saturated heterocycles. The van der Waals surface area contributed by atoms with Gasteiger partial charge in [-0.1, -0.05) is 12.1 Å². The molecular formula is C19H21N3O2. The molecule has 2 rings (SSSR count). The number of amides is 1. The molecule has 2 N–H and O–H groups in total. The normalized spacial score (nSPS) is 12.1. The van der Waals surface area contributed by atoms with Crippen molar-refractivity contribution in [2.75, 3.05) is 13.6 Å². The van der Waals surface area contributed by atoms with E-state index in [0.717, 1.165) is 23.1 Å². The lowest BCUT2D eigenvalue weighted by Gasteiger charge is -2.07. The summed E-state index contributed by atoms with van der Waals surface area (Å²) >= 11 is 0. The van der Waals surface area contributed by atoms with Gasteiger partial charge >= 0.3 is 0 Å². The molecule has 0 aliphatic carbocycles. The number of nitrogens with zero attached hydrogens (tertiary/aromatic N) is 2. The molecule has 0 fully saturated rings. The summed E-state index contributed by atoms with van der Waals surface area (Å²) in [6.45, 7) is 2.41. The Kier molecular flexibility index (Phi) is 6.25. The molecule has 0 atom stereocenters. The number of aliphatic imine (C=N–C) groups is 1. The fourth-order valence-electron chi connectivity index (χ4n) is 2.23. The largest absolute Gasteiger partial charge is 0.508 e. The number of allylic oxidation sites excluding steroid dienone is 1. The summed E-state index contributed by atoms with van der Waals surface area (Å²) in [4.78, 5) is 20.3. The maximum atomic E-state index is 12.3. The van der Waals surface area contributed by atoms with Crippen LogP contribution in [-0.4, -0.2) is 35.3 Å². The van der Waals surface area contributed by atoms with Gasteiger partial charge in [-0.2, -0.15) is 0 Å². The smallest absolute Gasteiger partial charge is 0.269 e. The number of phenols is 1. The van der Waals surface area contributed by atoms with Crippen molar-refractivity contribution in [3.8, 4) is 5.75 Å². The number of hydrogen-bond donors (Lipinski definition) is 2. The van der Waals surface area contributed by atoms with Gasteiger partial charge in [-0.15, -0.1) is 0 Å². The van der Waals surface area contributed by atoms with Crippen LogP contribution in [0.2, 0.25) is 0 Å². The van der Waals surface area contributed by atoms with Gasteiger partial charge in [0, 0.05) is 26.0 Å². The van der Waals surface area contributed by atoms with E-state index in [1.165, 1.54) is 0 Å². The first-order valence-electron chi connectivity index (χ1n) is 7.71. The second-order valence-electron chi connectivity index (χ2n) is 5.35. The van der Waals surface area contributed by atoms with E-state index in [2.05, 4.69) is 15.3 Å². The number of carbonyl (C=O) groups is 1. The summed E-state index contributed by atoms with van der Waals surface area (Å²) in [5, 5.41) is 12.4. The molecule has 124 valence electrons. The summed E-state index contributed by atoms with van der Waals surface area (Å²) in [7, 11) is 1.59. The van der Waals surface area contributed by atoms with Crippen molar-refractivity contribution in [2.45, 2.75) is 13.3 Å². The second-order valence-corrected chi connectivity index (χ2v) is 5.35. The van der Waals surface area contributed by atoms with E-state index in [0.29, 0.717) is 12.3 Å². The fourth-order valence-corrected chi connectivity index (χ4v) is 2.23. The molecular weight excluding hydrogens is 302 g/mol. The average Bonchev–Trinajstić information content (AvgIpc) is 2.60. The van der Waals surface area contributed by atoms with Crippen molar-refractivity contribution in [3.05, 3.63) is 66.0 Å². The summed E-state index contributed by atoms with van der Waals surface area (Å²) in [5.41, 5.74) is 3.17. The lowest BCUT2D eigenvalue weighted by atomic mass is 10.1. The molecule has 1 aromatic carbocycles. The van der Waals surface area contributed by atoms with E-state index >= 15 is 0 Å². The number of rotatable bonds is 6. The highest BCUT2D eigenvalue weighted by Gasteiger charge is 2.09. The van der Waals surface area contributed by atoms with Crippen LogP contribution in [0.25, 0.3) is 5.57 Å². The van der Waals surface area contributed by atoms with Gasteiger partial charge in [0.2, 0.25) is 0 Å². The topological polar surface area (TPSA) is 74.6 Å². The Morgan fingerprint density at radius 3 is 2.71 bits per heavy atom. The monoisotopic (exact) mass is 323 g/mol. The van der Waals surface area contributed by atoms with Crippen molar-refractivity contribution in [3.63, 3.8) is 0 Å². The third-order valence-corrected chi connectivity index (χ3v) is 3.58. The van der Waals surface area contributed by atoms with E-state index < -0.39 is 0 Å². The molecule has 0 aliphatic rings. The summed E-state index contributed by atoms with van der Waals surface area (Å²) in [6.07, 6.45) is 5.92. The van der Waals surface area contributed by atoms with Gasteiger partial charge in [0.15, 0.2) is 0 Å². The van der Waals surface area contributed by atoms with Crippen LogP contribution < -0.4 is 5.32 Å². The summed E-state index contributed by atoms with van der Waals surface area (Å²) in [6, 6.07) is 10.7. The maximum absolute atomic E-state index is 12.3. The number of hydrogen-bond acceptors (Lipinski definition) is 4. The van der Waals surface area contributed by atoms with Crippen LogP contribution in [0.4, 0.5) is 0 Å². The Hall–Kier alpha value is -2.95. The Labute approximate surface area is 141 Å². The molecule has 5 nitrogen and oxygen atoms in total. The Bertz CT molecular complexity index is 752. The third-order valence-electron chi connectivity index (χ3n) is 3.58. The minimum Gasteiger partial charge on any atom is -0.508 e. The van der Waals surface area contributed by atoms with E-state index in [1.54, 1.807) is 43.7 Å². The van der Waals surface area contributed by atoms with Gasteiger partial charge in [0.1, 0.15) is 11.5 Å². The van der Waals surface area contributed by atoms with Gasteiger partial charge in [0.25, 0.3) is 5.91 Å². The first-order valence-corrected chi connectivity index (χ1v) is 7.71. The molecule has 0 bridgehead atoms. The van der Waals surface area contributed by atoms with Crippen molar-refractivity contribution in [1.82, 2.24) is 10.3 Å². The molecule has 0 radical (unpaired) electrons. The summed E-state index contributed by atoms with van der Waals surface area (Å²) in [5.74, 6) is -0.0249. The number of aromatic nitrogens is 1. The molecule has 0 unspecified atom stereocenters. The molecule has 0 spiro atoms. The standard InChI is InChI=1S/C19H21N3O2/c1-14(16-4-3-5-17(23)13-16)12-18(20-2)19(24)22-11-8-15-6-9-21-10-7-15/h3-7,9-10,12-13,23H,8,11H2,1-2H3,(H,22,24)/b14-12+,20-18?. The quantitative estimate of drug-likeness (QED) is 0.803. The van der Waals surface area contributed by atoms with Crippen molar-refractivity contribution in [2.24, 2.45) is 4.99 Å². The van der Waals surface area contributed by atoms with E-state index in [9.17, 15) is 9.90 Å². The van der Waals surface area contributed by atoms with Crippen LogP contribution in [0, 0.1) is 0 Å². The fraction of sp³-hybridized carbons (Fsp3) is 0.211. The zero-order valence-corrected chi connectivity index (χ0v) is 13.9. The highest BCUT2D eigenvalue weighted by Crippen LogP contribution is 2.18. The highest BCUT2D eigenvalue weighted by molar-refractivity contribution is 6.44. The van der Waals surface area contributed by atoms with Crippen molar-refractivity contribution >= 4 is 17.2 Å². The van der Waals surface area contributed by atoms with Gasteiger partial charge < -0.3 is 10.4 Å². The molecule has 0 aliphatic heterocycles. The predicted octanol–water partition coefficient (Wildman–Crippen LogP) is 2.62. The Balaban J connectivity index is 1.97. The molecule has 5 heteroatoms. The van der Waals surface area contributed by atoms with Crippen LogP contribution in [0.1, 0.15) is 18.1 Å². The van der Waals surface area contributed by atoms with Crippen LogP contribution >= 0.6 is 0 Å². The van der Waals surface area contributed by atoms with Crippen LogP contribution in [0.3, 0.4) is 0 Å². The highest BCUT2D eigenvalue weighted by atomic mass is 16.3. The number of carbonyl (C=O) groups excluding carboxylic acids is 1. The summed E-state index contributed by atoms with van der Waals surface area (Å²) < 4.78 is 0. The zero-order valence-electron chi connectivity index (χ0n) is 13.9. The lowest BCUT2D eigenvalue weighted by molar-refractivity contribution is -0.114. The lowest BCUT2D eigenvalue weighted by Crippen LogP contribution is -2.31. The Morgan fingerprint density at radius 2 is 2.04 bits per heavy atom. The van der Waals surface area contributed by atoms with E-state index in [4.69, 9.17) is 0 Å². The molecule has 1 heterocycles. The number of nitrogens with one attached hydrogen (secondary N) is 1. The van der Waals surface area contributed by atoms with Crippen LogP contribution in [0.15, 0.2) is 59.9 Å². The average molecular weight is 323 g/mol. The SMILES string of the molecule is CN=C(/C=C(\C)c1cccc(O)c1)C(=O)NCCc1ccncc1. The van der Waals surface area contributed by atoms with E-state index in [-0.39, 0.29) is 11.7 Å². The first-order chi connectivity index (χ1) is 11.6. The van der Waals surface area contributed by atoms with Crippen LogP contribution in [-0.2, 0) is 11.2 Å². The van der Waals surface area contributed by atoms with E-state index in [1.807, 2.05) is 25.1 Å². The number of aromatic hydroxyl groups is 1. The Morgan fingerprint density at radius 1 is 1.29 bits per heavy atom. The molecule has 1 aromatic heterocycles. The molecule has 2 aromatic rings. The van der Waals surface area contributed by atoms with Gasteiger partial charge in [-0.25, -0.2) is 0 Å². The van der Waals surface area contributed by atoms with Crippen LogP contribution in [0.5, 0.6) is 5.75 Å². The molecule has 1 amide bonds. The minimum atomic E-state index is -0.217. The molecule has 24 heavy (non-hydrogen) atoms. The second kappa shape index (κ2) is 8.62.